The van der Waals surface area contributed by atoms with Gasteiger partial charge in [0.05, 0.1) is 19.3 Å². The number of nitrogens with one attached hydrogen (secondary N) is 1. The van der Waals surface area contributed by atoms with Crippen molar-refractivity contribution in [3.8, 4) is 5.75 Å². The zero-order chi connectivity index (χ0) is 24.1. The van der Waals surface area contributed by atoms with E-state index in [0.29, 0.717) is 39.2 Å². The number of esters is 1. The van der Waals surface area contributed by atoms with Crippen molar-refractivity contribution in [3.05, 3.63) is 76.4 Å². The number of hydrogen-bond donors (Lipinski definition) is 2. The summed E-state index contributed by atoms with van der Waals surface area (Å²) in [5, 5.41) is 15.2. The Bertz CT molecular complexity index is 1220. The highest BCUT2D eigenvalue weighted by Crippen LogP contribution is 2.39. The number of nitrogens with zero attached hydrogens (tertiary/aromatic N) is 1. The number of thiocarbonyl (C=S) groups is 1. The first-order valence-corrected chi connectivity index (χ1v) is 12.4. The molecule has 1 aromatic carbocycles. The summed E-state index contributed by atoms with van der Waals surface area (Å²) < 4.78 is 12.4. The van der Waals surface area contributed by atoms with Gasteiger partial charge in [-0.25, -0.2) is 4.79 Å². The van der Waals surface area contributed by atoms with E-state index < -0.39 is 0 Å². The molecule has 1 aliphatic rings. The molecular formula is C26H27N2O4S2+. The molecule has 6 nitrogen and oxygen atoms in total. The lowest BCUT2D eigenvalue weighted by atomic mass is 9.95. The predicted molar refractivity (Wildman–Crippen MR) is 139 cm³/mol. The third-order valence-electron chi connectivity index (χ3n) is 5.65. The van der Waals surface area contributed by atoms with Crippen molar-refractivity contribution in [3.63, 3.8) is 0 Å². The van der Waals surface area contributed by atoms with Gasteiger partial charge in [0.15, 0.2) is 23.1 Å². The number of methoxy groups -OCH3 is 1. The minimum absolute atomic E-state index is 0.00959. The number of pyridine rings is 1. The van der Waals surface area contributed by atoms with Crippen LogP contribution in [0.15, 0.2) is 54.9 Å². The van der Waals surface area contributed by atoms with E-state index in [-0.39, 0.29) is 11.7 Å². The number of aliphatic hydroxyl groups is 1. The van der Waals surface area contributed by atoms with Gasteiger partial charge in [-0.3, -0.25) is 0 Å². The monoisotopic (exact) mass is 495 g/mol. The summed E-state index contributed by atoms with van der Waals surface area (Å²) >= 11 is 7.34. The van der Waals surface area contributed by atoms with E-state index in [1.165, 1.54) is 4.88 Å². The molecule has 3 aromatic rings. The van der Waals surface area contributed by atoms with Gasteiger partial charge in [-0.15, -0.1) is 11.3 Å². The second kappa shape index (κ2) is 10.8. The number of benzene rings is 1. The molecule has 0 radical (unpaired) electrons. The van der Waals surface area contributed by atoms with Crippen molar-refractivity contribution in [1.29, 1.82) is 0 Å². The van der Waals surface area contributed by atoms with Gasteiger partial charge in [-0.2, -0.15) is 4.57 Å². The highest BCUT2D eigenvalue weighted by Gasteiger charge is 2.30. The predicted octanol–water partition coefficient (Wildman–Crippen LogP) is 5.42. The van der Waals surface area contributed by atoms with Crippen LogP contribution in [0.4, 0.5) is 5.00 Å². The van der Waals surface area contributed by atoms with Crippen molar-refractivity contribution in [2.45, 2.75) is 32.6 Å². The third kappa shape index (κ3) is 4.98. The van der Waals surface area contributed by atoms with E-state index in [9.17, 15) is 9.90 Å². The van der Waals surface area contributed by atoms with Gasteiger partial charge in [-0.05, 0) is 62.4 Å². The van der Waals surface area contributed by atoms with Crippen LogP contribution in [0.25, 0.3) is 11.5 Å². The van der Waals surface area contributed by atoms with Gasteiger partial charge >= 0.3 is 5.97 Å². The molecule has 0 fully saturated rings. The second-order valence-corrected chi connectivity index (χ2v) is 9.31. The maximum absolute atomic E-state index is 12.9. The molecule has 2 heterocycles. The molecule has 0 amide bonds. The molecule has 1 aliphatic carbocycles. The van der Waals surface area contributed by atoms with E-state index in [1.807, 2.05) is 30.6 Å². The summed E-state index contributed by atoms with van der Waals surface area (Å²) in [6.45, 7) is 2.10. The molecule has 0 saturated carbocycles. The molecular weight excluding hydrogens is 468 g/mol. The van der Waals surface area contributed by atoms with Crippen LogP contribution in [0.2, 0.25) is 0 Å². The molecule has 8 heteroatoms. The number of fused-ring (bicyclic) bond motifs is 1. The van der Waals surface area contributed by atoms with Crippen molar-refractivity contribution in [2.24, 2.45) is 0 Å². The standard InChI is InChI=1S/C26H26N2O4S2/c1-3-32-26(30)21-19-9-5-6-10-20(19)34-25(21)27-24(33)22(28-15-7-4-8-16-28)23(29)17-11-13-18(31-2)14-12-17/h4,7-8,11-16H,3,5-6,9-10H2,1-2H3,(H-,27,29,30,33)/p+1. The van der Waals surface area contributed by atoms with Gasteiger partial charge < -0.3 is 19.9 Å². The summed E-state index contributed by atoms with van der Waals surface area (Å²) in [5.74, 6) is 0.356. The second-order valence-electron chi connectivity index (χ2n) is 7.80. The van der Waals surface area contributed by atoms with E-state index in [2.05, 4.69) is 5.32 Å². The van der Waals surface area contributed by atoms with E-state index in [1.54, 1.807) is 54.2 Å². The lowest BCUT2D eigenvalue weighted by Crippen LogP contribution is -2.38. The van der Waals surface area contributed by atoms with Crippen LogP contribution in [-0.2, 0) is 17.6 Å². The van der Waals surface area contributed by atoms with E-state index in [4.69, 9.17) is 21.7 Å². The molecule has 0 aliphatic heterocycles. The van der Waals surface area contributed by atoms with Crippen LogP contribution in [0.3, 0.4) is 0 Å². The molecule has 0 saturated heterocycles. The number of aliphatic hydroxyl groups excluding tert-OH is 1. The SMILES string of the molecule is CCOC(=O)c1c(NC(=S)/C(=C(\O)c2ccc(OC)cc2)[n+]2ccccc2)sc2c1CCCC2. The fourth-order valence-corrected chi connectivity index (χ4v) is 5.67. The van der Waals surface area contributed by atoms with Gasteiger partial charge in [-0.1, -0.05) is 18.3 Å². The Morgan fingerprint density at radius 2 is 1.85 bits per heavy atom. The Labute approximate surface area is 208 Å². The van der Waals surface area contributed by atoms with Crippen LogP contribution in [0.1, 0.15) is 46.1 Å². The fraction of sp³-hybridized carbons (Fsp3) is 0.269. The summed E-state index contributed by atoms with van der Waals surface area (Å²) in [6, 6.07) is 12.7. The third-order valence-corrected chi connectivity index (χ3v) is 7.16. The van der Waals surface area contributed by atoms with Gasteiger partial charge in [0.25, 0.3) is 5.70 Å². The molecule has 4 rings (SSSR count). The number of anilines is 1. The molecule has 2 N–H and O–H groups in total. The number of aromatic nitrogens is 1. The molecule has 0 unspecified atom stereocenters. The molecule has 34 heavy (non-hydrogen) atoms. The molecule has 176 valence electrons. The highest BCUT2D eigenvalue weighted by atomic mass is 32.1. The van der Waals surface area contributed by atoms with Gasteiger partial charge in [0, 0.05) is 22.6 Å². The number of carbonyl (C=O) groups excluding carboxylic acids is 1. The number of hydrogen-bond acceptors (Lipinski definition) is 6. The van der Waals surface area contributed by atoms with E-state index in [0.717, 1.165) is 31.2 Å². The van der Waals surface area contributed by atoms with E-state index >= 15 is 0 Å². The maximum Gasteiger partial charge on any atom is 0.341 e. The van der Waals surface area contributed by atoms with Gasteiger partial charge in [0.1, 0.15) is 10.8 Å². The number of ether oxygens (including phenoxy) is 2. The van der Waals surface area contributed by atoms with Gasteiger partial charge in [0.2, 0.25) is 0 Å². The molecule has 0 bridgehead atoms. The Morgan fingerprint density at radius 3 is 2.53 bits per heavy atom. The Morgan fingerprint density at radius 1 is 1.15 bits per heavy atom. The number of aryl methyl sites for hydroxylation is 1. The molecule has 0 atom stereocenters. The smallest absolute Gasteiger partial charge is 0.341 e. The first kappa shape index (κ1) is 23.9. The fourth-order valence-electron chi connectivity index (χ4n) is 4.02. The lowest BCUT2D eigenvalue weighted by molar-refractivity contribution is -0.575. The minimum atomic E-state index is -0.343. The van der Waals surface area contributed by atoms with Crippen molar-refractivity contribution in [1.82, 2.24) is 0 Å². The van der Waals surface area contributed by atoms with Crippen LogP contribution < -0.4 is 14.6 Å². The van der Waals surface area contributed by atoms with Crippen LogP contribution in [0, 0.1) is 0 Å². The van der Waals surface area contributed by atoms with Crippen molar-refractivity contribution in [2.75, 3.05) is 19.0 Å². The first-order valence-electron chi connectivity index (χ1n) is 11.2. The van der Waals surface area contributed by atoms with Crippen molar-refractivity contribution < 1.29 is 23.9 Å². The average Bonchev–Trinajstić information content (AvgIpc) is 3.22. The quantitative estimate of drug-likeness (QED) is 0.150. The van der Waals surface area contributed by atoms with Crippen LogP contribution in [-0.4, -0.2) is 29.8 Å². The highest BCUT2D eigenvalue weighted by molar-refractivity contribution is 7.81. The van der Waals surface area contributed by atoms with Crippen molar-refractivity contribution >= 4 is 51.0 Å². The normalized spacial score (nSPS) is 13.5. The van der Waals surface area contributed by atoms with Crippen LogP contribution in [0.5, 0.6) is 5.75 Å². The maximum atomic E-state index is 12.9. The number of thiophene rings is 1. The topological polar surface area (TPSA) is 71.7 Å². The Kier molecular flexibility index (Phi) is 7.59. The Hall–Kier alpha value is -3.23. The first-order chi connectivity index (χ1) is 16.5. The number of carbonyl (C=O) groups is 1. The van der Waals surface area contributed by atoms with Crippen LogP contribution >= 0.6 is 23.6 Å². The average molecular weight is 496 g/mol. The Balaban J connectivity index is 1.76. The number of rotatable bonds is 7. The largest absolute Gasteiger partial charge is 0.502 e. The minimum Gasteiger partial charge on any atom is -0.502 e. The molecule has 0 spiro atoms. The zero-order valence-corrected chi connectivity index (χ0v) is 20.8. The summed E-state index contributed by atoms with van der Waals surface area (Å²) in [7, 11) is 1.59. The zero-order valence-electron chi connectivity index (χ0n) is 19.2. The lowest BCUT2D eigenvalue weighted by Gasteiger charge is -2.13. The summed E-state index contributed by atoms with van der Waals surface area (Å²) in [6.07, 6.45) is 7.56. The summed E-state index contributed by atoms with van der Waals surface area (Å²) in [5.41, 5.74) is 2.61. The molecule has 2 aromatic heterocycles. The summed E-state index contributed by atoms with van der Waals surface area (Å²) in [4.78, 5) is 14.3.